The zero-order valence-electron chi connectivity index (χ0n) is 18.6. The van der Waals surface area contributed by atoms with E-state index in [2.05, 4.69) is 6.92 Å². The first kappa shape index (κ1) is 25.2. The molecule has 0 aromatic heterocycles. The van der Waals surface area contributed by atoms with Gasteiger partial charge >= 0.3 is 0 Å². The first-order valence-corrected chi connectivity index (χ1v) is 12.9. The molecule has 0 aliphatic carbocycles. The Morgan fingerprint density at radius 2 is 1.39 bits per heavy atom. The van der Waals surface area contributed by atoms with Crippen molar-refractivity contribution in [3.63, 3.8) is 0 Å². The fourth-order valence-corrected chi connectivity index (χ4v) is 4.33. The van der Waals surface area contributed by atoms with Crippen molar-refractivity contribution in [3.05, 3.63) is 48.0 Å². The van der Waals surface area contributed by atoms with Gasteiger partial charge in [-0.2, -0.15) is 8.42 Å². The van der Waals surface area contributed by atoms with Crippen LogP contribution in [0.1, 0.15) is 83.1 Å². The van der Waals surface area contributed by atoms with Gasteiger partial charge in [-0.05, 0) is 42.7 Å². The second-order valence-corrected chi connectivity index (χ2v) is 9.53. The number of hydrogen-bond donors (Lipinski definition) is 2. The lowest BCUT2D eigenvalue weighted by molar-refractivity contribution is 0.439. The summed E-state index contributed by atoms with van der Waals surface area (Å²) in [5, 5.41) is 10.0. The van der Waals surface area contributed by atoms with E-state index in [0.29, 0.717) is 5.75 Å². The van der Waals surface area contributed by atoms with Gasteiger partial charge in [0.05, 0.1) is 0 Å². The van der Waals surface area contributed by atoms with Crippen LogP contribution in [0.2, 0.25) is 0 Å². The minimum absolute atomic E-state index is 0.0243. The van der Waals surface area contributed by atoms with Gasteiger partial charge in [-0.3, -0.25) is 4.55 Å². The Morgan fingerprint density at radius 3 is 2.00 bits per heavy atom. The molecule has 172 valence electrons. The first-order chi connectivity index (χ1) is 14.9. The second kappa shape index (κ2) is 13.4. The van der Waals surface area contributed by atoms with Crippen LogP contribution in [0.15, 0.2) is 47.4 Å². The number of phenolic OH excluding ortho intramolecular Hbond substituents is 1. The van der Waals surface area contributed by atoms with Crippen LogP contribution in [-0.2, 0) is 16.5 Å². The van der Waals surface area contributed by atoms with Gasteiger partial charge in [0.15, 0.2) is 0 Å². The fourth-order valence-electron chi connectivity index (χ4n) is 3.71. The quantitative estimate of drug-likeness (QED) is 0.221. The summed E-state index contributed by atoms with van der Waals surface area (Å²) in [5.74, 6) is 0.435. The Morgan fingerprint density at radius 1 is 0.806 bits per heavy atom. The van der Waals surface area contributed by atoms with Crippen LogP contribution in [0, 0.1) is 0 Å². The van der Waals surface area contributed by atoms with Gasteiger partial charge < -0.3 is 9.84 Å². The summed E-state index contributed by atoms with van der Waals surface area (Å²) in [6, 6.07) is 10.8. The molecule has 0 spiro atoms. The van der Waals surface area contributed by atoms with Crippen LogP contribution in [-0.4, -0.2) is 18.1 Å². The predicted molar refractivity (Wildman–Crippen MR) is 125 cm³/mol. The molecule has 2 N–H and O–H groups in total. The molecule has 0 aliphatic rings. The van der Waals surface area contributed by atoms with E-state index in [1.807, 2.05) is 0 Å². The smallest absolute Gasteiger partial charge is 0.298 e. The third-order valence-corrected chi connectivity index (χ3v) is 6.27. The molecule has 0 radical (unpaired) electrons. The first-order valence-electron chi connectivity index (χ1n) is 11.5. The average Bonchev–Trinajstić information content (AvgIpc) is 2.71. The summed E-state index contributed by atoms with van der Waals surface area (Å²) in [7, 11) is -4.39. The zero-order valence-corrected chi connectivity index (χ0v) is 19.4. The normalized spacial score (nSPS) is 11.5. The van der Waals surface area contributed by atoms with Crippen LogP contribution in [0.4, 0.5) is 0 Å². The second-order valence-electron chi connectivity index (χ2n) is 8.14. The molecule has 6 heteroatoms. The van der Waals surface area contributed by atoms with E-state index in [0.717, 1.165) is 24.8 Å². The highest BCUT2D eigenvalue weighted by atomic mass is 32.2. The molecule has 2 aromatic carbocycles. The zero-order chi connectivity index (χ0) is 22.5. The SMILES string of the molecule is CCCCCCCCCCCCCc1cc(O)cc(Oc2ccccc2S(=O)(=O)O)c1. The Labute approximate surface area is 187 Å². The number of para-hydroxylation sites is 1. The molecule has 2 rings (SSSR count). The molecule has 0 saturated carbocycles. The van der Waals surface area contributed by atoms with Gasteiger partial charge in [0.25, 0.3) is 10.1 Å². The molecular formula is C25H36O5S. The standard InChI is InChI=1S/C25H36O5S/c1-2-3-4-5-6-7-8-9-10-11-12-15-21-18-22(26)20-23(19-21)30-24-16-13-14-17-25(24)31(27,28)29/h13-14,16-20,26H,2-12,15H2,1H3,(H,27,28,29). The molecule has 0 saturated heterocycles. The van der Waals surface area contributed by atoms with Crippen LogP contribution < -0.4 is 4.74 Å². The maximum Gasteiger partial charge on any atom is 0.298 e. The summed E-state index contributed by atoms with van der Waals surface area (Å²) in [4.78, 5) is -0.301. The average molecular weight is 449 g/mol. The van der Waals surface area contributed by atoms with Crippen molar-refractivity contribution in [3.8, 4) is 17.2 Å². The maximum atomic E-state index is 11.5. The molecular weight excluding hydrogens is 412 g/mol. The summed E-state index contributed by atoms with van der Waals surface area (Å²) < 4.78 is 38.1. The van der Waals surface area contributed by atoms with Crippen molar-refractivity contribution in [2.24, 2.45) is 0 Å². The third kappa shape index (κ3) is 9.74. The lowest BCUT2D eigenvalue weighted by atomic mass is 10.0. The van der Waals surface area contributed by atoms with Crippen molar-refractivity contribution in [2.75, 3.05) is 0 Å². The Bertz CT molecular complexity index is 893. The lowest BCUT2D eigenvalue weighted by Crippen LogP contribution is -2.01. The summed E-state index contributed by atoms with van der Waals surface area (Å²) in [6.07, 6.45) is 14.9. The number of benzene rings is 2. The van der Waals surface area contributed by atoms with E-state index in [1.165, 1.54) is 82.1 Å². The summed E-state index contributed by atoms with van der Waals surface area (Å²) in [5.41, 5.74) is 0.940. The van der Waals surface area contributed by atoms with Crippen molar-refractivity contribution in [1.29, 1.82) is 0 Å². The molecule has 5 nitrogen and oxygen atoms in total. The molecule has 0 bridgehead atoms. The Hall–Kier alpha value is -2.05. The number of unbranched alkanes of at least 4 members (excludes halogenated alkanes) is 10. The molecule has 2 aromatic rings. The monoisotopic (exact) mass is 448 g/mol. The highest BCUT2D eigenvalue weighted by molar-refractivity contribution is 7.86. The number of aryl methyl sites for hydroxylation is 1. The summed E-state index contributed by atoms with van der Waals surface area (Å²) >= 11 is 0. The van der Waals surface area contributed by atoms with E-state index in [-0.39, 0.29) is 16.4 Å². The Balaban J connectivity index is 1.77. The van der Waals surface area contributed by atoms with E-state index < -0.39 is 10.1 Å². The Kier molecular flexibility index (Phi) is 10.9. The number of ether oxygens (including phenoxy) is 1. The topological polar surface area (TPSA) is 83.8 Å². The highest BCUT2D eigenvalue weighted by Gasteiger charge is 2.16. The van der Waals surface area contributed by atoms with Crippen LogP contribution in [0.25, 0.3) is 0 Å². The van der Waals surface area contributed by atoms with Crippen LogP contribution in [0.3, 0.4) is 0 Å². The third-order valence-electron chi connectivity index (χ3n) is 5.37. The van der Waals surface area contributed by atoms with Crippen LogP contribution in [0.5, 0.6) is 17.2 Å². The largest absolute Gasteiger partial charge is 0.508 e. The van der Waals surface area contributed by atoms with Crippen LogP contribution >= 0.6 is 0 Å². The summed E-state index contributed by atoms with van der Waals surface area (Å²) in [6.45, 7) is 2.24. The van der Waals surface area contributed by atoms with E-state index in [4.69, 9.17) is 4.74 Å². The van der Waals surface area contributed by atoms with Gasteiger partial charge in [-0.25, -0.2) is 0 Å². The molecule has 0 heterocycles. The molecule has 0 amide bonds. The molecule has 31 heavy (non-hydrogen) atoms. The van der Waals surface area contributed by atoms with E-state index >= 15 is 0 Å². The molecule has 0 unspecified atom stereocenters. The highest BCUT2D eigenvalue weighted by Crippen LogP contribution is 2.31. The van der Waals surface area contributed by atoms with Gasteiger partial charge in [-0.15, -0.1) is 0 Å². The predicted octanol–water partition coefficient (Wildman–Crippen LogP) is 7.28. The number of phenols is 1. The molecule has 0 atom stereocenters. The number of aromatic hydroxyl groups is 1. The maximum absolute atomic E-state index is 11.5. The van der Waals surface area contributed by atoms with E-state index in [9.17, 15) is 18.1 Å². The van der Waals surface area contributed by atoms with Crippen molar-refractivity contribution in [2.45, 2.75) is 88.9 Å². The van der Waals surface area contributed by atoms with Gasteiger partial charge in [0.1, 0.15) is 22.1 Å². The fraction of sp³-hybridized carbons (Fsp3) is 0.520. The number of hydrogen-bond acceptors (Lipinski definition) is 4. The molecule has 0 aliphatic heterocycles. The molecule has 0 fully saturated rings. The van der Waals surface area contributed by atoms with Gasteiger partial charge in [-0.1, -0.05) is 83.3 Å². The lowest BCUT2D eigenvalue weighted by Gasteiger charge is -2.11. The van der Waals surface area contributed by atoms with Gasteiger partial charge in [0.2, 0.25) is 0 Å². The minimum atomic E-state index is -4.39. The van der Waals surface area contributed by atoms with Crippen molar-refractivity contribution >= 4 is 10.1 Å². The van der Waals surface area contributed by atoms with Crippen molar-refractivity contribution < 1.29 is 22.8 Å². The number of rotatable bonds is 15. The van der Waals surface area contributed by atoms with Crippen molar-refractivity contribution in [1.82, 2.24) is 0 Å². The minimum Gasteiger partial charge on any atom is -0.508 e. The van der Waals surface area contributed by atoms with E-state index in [1.54, 1.807) is 18.2 Å². The van der Waals surface area contributed by atoms with Gasteiger partial charge in [0, 0.05) is 6.07 Å².